The fraction of sp³-hybridized carbons (Fsp3) is 0.147. The van der Waals surface area contributed by atoms with Gasteiger partial charge in [-0.2, -0.15) is 4.57 Å². The molecule has 5 aromatic carbocycles. The molecule has 0 aliphatic heterocycles. The van der Waals surface area contributed by atoms with Gasteiger partial charge in [-0.25, -0.2) is 4.57 Å². The van der Waals surface area contributed by atoms with Gasteiger partial charge in [0, 0.05) is 5.39 Å². The van der Waals surface area contributed by atoms with Crippen molar-refractivity contribution in [3.05, 3.63) is 120 Å². The SMILES string of the molecule is Cc1ccc(-c2ccccc2)cc1-c1n(-c2cccc3ccccc23)c2cc(C(C)C)ccc2[n+]1C. The number of hydrogen-bond donors (Lipinski definition) is 0. The van der Waals surface area contributed by atoms with Crippen molar-refractivity contribution in [3.63, 3.8) is 0 Å². The standard InChI is InChI=1S/C34H31N2/c1-23(2)27-19-20-32-33(22-27)36(31-16-10-14-26-13-8-9-15-29(26)31)34(35(32)4)30-21-28(18-17-24(30)3)25-11-6-5-7-12-25/h5-23H,1-4H3/q+1. The van der Waals surface area contributed by atoms with Crippen LogP contribution in [-0.2, 0) is 7.05 Å². The van der Waals surface area contributed by atoms with Crippen LogP contribution in [0, 0.1) is 6.92 Å². The van der Waals surface area contributed by atoms with E-state index in [1.54, 1.807) is 0 Å². The van der Waals surface area contributed by atoms with E-state index in [2.05, 4.69) is 146 Å². The normalized spacial score (nSPS) is 11.6. The molecule has 2 nitrogen and oxygen atoms in total. The number of fused-ring (bicyclic) bond motifs is 2. The highest BCUT2D eigenvalue weighted by molar-refractivity contribution is 5.93. The summed E-state index contributed by atoms with van der Waals surface area (Å²) in [6.07, 6.45) is 0. The van der Waals surface area contributed by atoms with Gasteiger partial charge in [0.25, 0.3) is 5.82 Å². The number of hydrogen-bond acceptors (Lipinski definition) is 0. The number of benzene rings is 5. The Balaban J connectivity index is 1.73. The molecule has 6 rings (SSSR count). The molecule has 0 spiro atoms. The third-order valence-corrected chi connectivity index (χ3v) is 7.39. The van der Waals surface area contributed by atoms with Crippen molar-refractivity contribution in [1.82, 2.24) is 4.57 Å². The van der Waals surface area contributed by atoms with E-state index in [1.165, 1.54) is 61.1 Å². The molecule has 0 unspecified atom stereocenters. The molecule has 176 valence electrons. The fourth-order valence-electron chi connectivity index (χ4n) is 5.36. The average molecular weight is 468 g/mol. The van der Waals surface area contributed by atoms with Crippen LogP contribution in [0.3, 0.4) is 0 Å². The Bertz CT molecular complexity index is 1720. The zero-order valence-electron chi connectivity index (χ0n) is 21.4. The van der Waals surface area contributed by atoms with Gasteiger partial charge in [-0.3, -0.25) is 0 Å². The first kappa shape index (κ1) is 22.3. The van der Waals surface area contributed by atoms with Crippen molar-refractivity contribution >= 4 is 21.8 Å². The Labute approximate surface area is 213 Å². The summed E-state index contributed by atoms with van der Waals surface area (Å²) in [5.74, 6) is 1.65. The second kappa shape index (κ2) is 8.80. The minimum Gasteiger partial charge on any atom is -0.225 e. The lowest BCUT2D eigenvalue weighted by atomic mass is 9.99. The largest absolute Gasteiger partial charge is 0.295 e. The molecule has 0 aliphatic carbocycles. The van der Waals surface area contributed by atoms with Crippen molar-refractivity contribution in [1.29, 1.82) is 0 Å². The highest BCUT2D eigenvalue weighted by Gasteiger charge is 2.28. The molecule has 0 aliphatic rings. The zero-order chi connectivity index (χ0) is 24.8. The molecular formula is C34H31N2+. The minimum atomic E-state index is 0.460. The quantitative estimate of drug-likeness (QED) is 0.230. The smallest absolute Gasteiger partial charge is 0.225 e. The summed E-state index contributed by atoms with van der Waals surface area (Å²) in [6.45, 7) is 6.75. The van der Waals surface area contributed by atoms with E-state index >= 15 is 0 Å². The molecule has 0 fully saturated rings. The summed E-state index contributed by atoms with van der Waals surface area (Å²) in [6, 6.07) is 39.7. The van der Waals surface area contributed by atoms with Crippen molar-refractivity contribution in [3.8, 4) is 28.2 Å². The van der Waals surface area contributed by atoms with Crippen molar-refractivity contribution < 1.29 is 4.57 Å². The Morgan fingerprint density at radius 2 is 1.44 bits per heavy atom. The lowest BCUT2D eigenvalue weighted by Gasteiger charge is -2.11. The summed E-state index contributed by atoms with van der Waals surface area (Å²) in [5.41, 5.74) is 9.99. The van der Waals surface area contributed by atoms with Crippen molar-refractivity contribution in [2.75, 3.05) is 0 Å². The molecule has 6 aromatic rings. The van der Waals surface area contributed by atoms with Gasteiger partial charge in [-0.1, -0.05) is 98.8 Å². The second-order valence-electron chi connectivity index (χ2n) is 10.0. The summed E-state index contributed by atoms with van der Waals surface area (Å²) in [7, 11) is 2.20. The summed E-state index contributed by atoms with van der Waals surface area (Å²) < 4.78 is 4.83. The fourth-order valence-corrected chi connectivity index (χ4v) is 5.36. The summed E-state index contributed by atoms with van der Waals surface area (Å²) >= 11 is 0. The molecule has 0 radical (unpaired) electrons. The summed E-state index contributed by atoms with van der Waals surface area (Å²) in [5, 5.41) is 2.51. The Morgan fingerprint density at radius 3 is 2.25 bits per heavy atom. The van der Waals surface area contributed by atoms with Crippen LogP contribution in [0.2, 0.25) is 0 Å². The van der Waals surface area contributed by atoms with Crippen LogP contribution in [0.4, 0.5) is 0 Å². The highest BCUT2D eigenvalue weighted by atomic mass is 15.2. The monoisotopic (exact) mass is 467 g/mol. The maximum absolute atomic E-state index is 2.47. The predicted octanol–water partition coefficient (Wildman–Crippen LogP) is 8.37. The number of aryl methyl sites for hydroxylation is 2. The molecule has 2 heteroatoms. The van der Waals surface area contributed by atoms with Crippen LogP contribution in [0.1, 0.15) is 30.9 Å². The third-order valence-electron chi connectivity index (χ3n) is 7.39. The first-order chi connectivity index (χ1) is 17.5. The first-order valence-electron chi connectivity index (χ1n) is 12.7. The van der Waals surface area contributed by atoms with Crippen LogP contribution in [0.5, 0.6) is 0 Å². The molecule has 1 aromatic heterocycles. The van der Waals surface area contributed by atoms with E-state index in [0.29, 0.717) is 5.92 Å². The number of rotatable bonds is 4. The molecule has 0 atom stereocenters. The van der Waals surface area contributed by atoms with E-state index in [1.807, 2.05) is 0 Å². The molecule has 0 N–H and O–H groups in total. The van der Waals surface area contributed by atoms with Crippen LogP contribution >= 0.6 is 0 Å². The van der Waals surface area contributed by atoms with Gasteiger partial charge < -0.3 is 0 Å². The number of aromatic nitrogens is 2. The Morgan fingerprint density at radius 1 is 0.694 bits per heavy atom. The van der Waals surface area contributed by atoms with Crippen LogP contribution in [0.15, 0.2) is 109 Å². The van der Waals surface area contributed by atoms with E-state index in [4.69, 9.17) is 0 Å². The van der Waals surface area contributed by atoms with Crippen LogP contribution < -0.4 is 4.57 Å². The highest BCUT2D eigenvalue weighted by Crippen LogP contribution is 2.35. The lowest BCUT2D eigenvalue weighted by molar-refractivity contribution is -0.633. The first-order valence-corrected chi connectivity index (χ1v) is 12.7. The average Bonchev–Trinajstić information content (AvgIpc) is 3.20. The van der Waals surface area contributed by atoms with Gasteiger partial charge in [0.1, 0.15) is 5.69 Å². The van der Waals surface area contributed by atoms with Gasteiger partial charge >= 0.3 is 0 Å². The predicted molar refractivity (Wildman–Crippen MR) is 152 cm³/mol. The second-order valence-corrected chi connectivity index (χ2v) is 10.0. The molecular weight excluding hydrogens is 436 g/mol. The van der Waals surface area contributed by atoms with Gasteiger partial charge in [0.15, 0.2) is 11.0 Å². The zero-order valence-corrected chi connectivity index (χ0v) is 21.4. The van der Waals surface area contributed by atoms with E-state index in [0.717, 1.165) is 0 Å². The van der Waals surface area contributed by atoms with E-state index in [9.17, 15) is 0 Å². The molecule has 0 amide bonds. The van der Waals surface area contributed by atoms with Gasteiger partial charge in [0.2, 0.25) is 0 Å². The van der Waals surface area contributed by atoms with Crippen molar-refractivity contribution in [2.24, 2.45) is 7.05 Å². The van der Waals surface area contributed by atoms with Crippen molar-refractivity contribution in [2.45, 2.75) is 26.7 Å². The van der Waals surface area contributed by atoms with E-state index < -0.39 is 0 Å². The van der Waals surface area contributed by atoms with Gasteiger partial charge in [-0.15, -0.1) is 0 Å². The maximum atomic E-state index is 2.47. The topological polar surface area (TPSA) is 8.81 Å². The summed E-state index contributed by atoms with van der Waals surface area (Å²) in [4.78, 5) is 0. The Hall–Kier alpha value is -4.17. The maximum Gasteiger partial charge on any atom is 0.295 e. The third kappa shape index (κ3) is 3.61. The minimum absolute atomic E-state index is 0.460. The number of nitrogens with zero attached hydrogens (tertiary/aromatic N) is 2. The number of imidazole rings is 1. The Kier molecular flexibility index (Phi) is 5.45. The van der Waals surface area contributed by atoms with Gasteiger partial charge in [-0.05, 0) is 64.7 Å². The van der Waals surface area contributed by atoms with Crippen LogP contribution in [-0.4, -0.2) is 4.57 Å². The molecule has 36 heavy (non-hydrogen) atoms. The molecule has 0 saturated heterocycles. The lowest BCUT2D eigenvalue weighted by Crippen LogP contribution is -2.30. The van der Waals surface area contributed by atoms with Gasteiger partial charge in [0.05, 0.1) is 12.6 Å². The molecule has 0 saturated carbocycles. The molecule has 1 heterocycles. The molecule has 0 bridgehead atoms. The van der Waals surface area contributed by atoms with Crippen LogP contribution in [0.25, 0.3) is 50.0 Å². The van der Waals surface area contributed by atoms with E-state index in [-0.39, 0.29) is 0 Å².